The Kier molecular flexibility index (Phi) is 3.66. The zero-order chi connectivity index (χ0) is 11.4. The molecule has 0 bridgehead atoms. The van der Waals surface area contributed by atoms with Crippen molar-refractivity contribution in [1.29, 1.82) is 0 Å². The lowest BCUT2D eigenvalue weighted by atomic mass is 10.2. The number of aryl methyl sites for hydroxylation is 2. The van der Waals surface area contributed by atoms with E-state index >= 15 is 0 Å². The van der Waals surface area contributed by atoms with Gasteiger partial charge in [0.2, 0.25) is 0 Å². The number of nitrogens with two attached hydrogens (primary N) is 1. The summed E-state index contributed by atoms with van der Waals surface area (Å²) in [7, 11) is 0. The molecular formula is C11H18N4. The number of fused-ring (bicyclic) bond motifs is 1. The number of rotatable bonds is 1. The molecule has 0 spiro atoms. The van der Waals surface area contributed by atoms with Crippen molar-refractivity contribution in [1.82, 2.24) is 14.5 Å². The predicted molar refractivity (Wildman–Crippen MR) is 63.7 cm³/mol. The molecule has 0 aliphatic carbocycles. The standard InChI is InChI=1S/C9H12N4.C2H6/c1-3-13-4-6(2)7-8(10)11-5-12-9(7)13;1-2/h4-5H,3H2,1-2H3,(H2,10,11,12);1-2H3. The smallest absolute Gasteiger partial charge is 0.145 e. The van der Waals surface area contributed by atoms with Gasteiger partial charge in [0.25, 0.3) is 0 Å². The molecule has 2 N–H and O–H groups in total. The molecular weight excluding hydrogens is 188 g/mol. The third kappa shape index (κ3) is 1.93. The Bertz CT molecular complexity index is 445. The number of aromatic nitrogens is 3. The average Bonchev–Trinajstić information content (AvgIpc) is 2.60. The van der Waals surface area contributed by atoms with Crippen molar-refractivity contribution < 1.29 is 0 Å². The molecule has 0 unspecified atom stereocenters. The molecule has 15 heavy (non-hydrogen) atoms. The summed E-state index contributed by atoms with van der Waals surface area (Å²) in [5.41, 5.74) is 7.82. The monoisotopic (exact) mass is 206 g/mol. The minimum atomic E-state index is 0.565. The Morgan fingerprint density at radius 1 is 1.33 bits per heavy atom. The fourth-order valence-electron chi connectivity index (χ4n) is 1.59. The Morgan fingerprint density at radius 2 is 2.00 bits per heavy atom. The summed E-state index contributed by atoms with van der Waals surface area (Å²) >= 11 is 0. The zero-order valence-corrected chi connectivity index (χ0v) is 9.78. The first-order chi connectivity index (χ1) is 7.24. The predicted octanol–water partition coefficient (Wildman–Crippen LogP) is 2.37. The molecule has 2 aromatic rings. The maximum Gasteiger partial charge on any atom is 0.145 e. The number of hydrogen-bond donors (Lipinski definition) is 1. The second kappa shape index (κ2) is 4.77. The van der Waals surface area contributed by atoms with Crippen LogP contribution in [0.4, 0.5) is 5.82 Å². The lowest BCUT2D eigenvalue weighted by Crippen LogP contribution is -1.96. The van der Waals surface area contributed by atoms with Crippen molar-refractivity contribution in [2.45, 2.75) is 34.2 Å². The van der Waals surface area contributed by atoms with E-state index in [1.807, 2.05) is 20.8 Å². The van der Waals surface area contributed by atoms with Gasteiger partial charge in [0.15, 0.2) is 0 Å². The topological polar surface area (TPSA) is 56.7 Å². The molecule has 0 saturated heterocycles. The summed E-state index contributed by atoms with van der Waals surface area (Å²) in [5.74, 6) is 0.565. The quantitative estimate of drug-likeness (QED) is 0.779. The number of nitrogens with zero attached hydrogens (tertiary/aromatic N) is 3. The van der Waals surface area contributed by atoms with Crippen LogP contribution >= 0.6 is 0 Å². The second-order valence-electron chi connectivity index (χ2n) is 3.06. The Hall–Kier alpha value is -1.58. The lowest BCUT2D eigenvalue weighted by molar-refractivity contribution is 0.784. The highest BCUT2D eigenvalue weighted by Crippen LogP contribution is 2.22. The molecule has 0 atom stereocenters. The third-order valence-corrected chi connectivity index (χ3v) is 2.21. The van der Waals surface area contributed by atoms with E-state index in [1.165, 1.54) is 6.33 Å². The van der Waals surface area contributed by atoms with Crippen LogP contribution in [0.25, 0.3) is 11.0 Å². The van der Waals surface area contributed by atoms with E-state index in [1.54, 1.807) is 0 Å². The van der Waals surface area contributed by atoms with Crippen LogP contribution in [0.15, 0.2) is 12.5 Å². The molecule has 0 aliphatic rings. The molecule has 2 rings (SSSR count). The van der Waals surface area contributed by atoms with Gasteiger partial charge in [0.05, 0.1) is 5.39 Å². The van der Waals surface area contributed by atoms with Crippen LogP contribution in [0.1, 0.15) is 26.3 Å². The molecule has 2 heterocycles. The first-order valence-electron chi connectivity index (χ1n) is 5.30. The van der Waals surface area contributed by atoms with E-state index in [9.17, 15) is 0 Å². The van der Waals surface area contributed by atoms with E-state index in [4.69, 9.17) is 5.73 Å². The highest BCUT2D eigenvalue weighted by atomic mass is 15.1. The van der Waals surface area contributed by atoms with E-state index < -0.39 is 0 Å². The minimum absolute atomic E-state index is 0.565. The van der Waals surface area contributed by atoms with Crippen LogP contribution in [0.5, 0.6) is 0 Å². The van der Waals surface area contributed by atoms with Gasteiger partial charge in [-0.05, 0) is 19.4 Å². The molecule has 0 fully saturated rings. The summed E-state index contributed by atoms with van der Waals surface area (Å²) in [6, 6.07) is 0. The first-order valence-corrected chi connectivity index (χ1v) is 5.30. The van der Waals surface area contributed by atoms with Gasteiger partial charge in [0.1, 0.15) is 17.8 Å². The van der Waals surface area contributed by atoms with E-state index in [-0.39, 0.29) is 0 Å². The lowest BCUT2D eigenvalue weighted by Gasteiger charge is -1.98. The third-order valence-electron chi connectivity index (χ3n) is 2.21. The number of hydrogen-bond acceptors (Lipinski definition) is 3. The van der Waals surface area contributed by atoms with Gasteiger partial charge in [-0.2, -0.15) is 0 Å². The minimum Gasteiger partial charge on any atom is -0.383 e. The van der Waals surface area contributed by atoms with Crippen LogP contribution in [-0.4, -0.2) is 14.5 Å². The van der Waals surface area contributed by atoms with Crippen LogP contribution in [0.2, 0.25) is 0 Å². The molecule has 2 aromatic heterocycles. The molecule has 0 saturated carbocycles. The summed E-state index contributed by atoms with van der Waals surface area (Å²) in [4.78, 5) is 8.17. The van der Waals surface area contributed by atoms with Gasteiger partial charge in [-0.3, -0.25) is 0 Å². The maximum atomic E-state index is 5.76. The molecule has 82 valence electrons. The fourth-order valence-corrected chi connectivity index (χ4v) is 1.59. The molecule has 0 amide bonds. The SMILES string of the molecule is CC.CCn1cc(C)c2c(N)ncnc21. The summed E-state index contributed by atoms with van der Waals surface area (Å²) in [6.45, 7) is 9.01. The van der Waals surface area contributed by atoms with Gasteiger partial charge in [0, 0.05) is 12.7 Å². The average molecular weight is 206 g/mol. The highest BCUT2D eigenvalue weighted by molar-refractivity contribution is 5.89. The normalized spacial score (nSPS) is 9.87. The zero-order valence-electron chi connectivity index (χ0n) is 9.78. The number of nitrogen functional groups attached to an aromatic ring is 1. The Morgan fingerprint density at radius 3 is 2.60 bits per heavy atom. The van der Waals surface area contributed by atoms with Crippen LogP contribution in [0, 0.1) is 6.92 Å². The molecule has 0 radical (unpaired) electrons. The van der Waals surface area contributed by atoms with Crippen LogP contribution in [0.3, 0.4) is 0 Å². The van der Waals surface area contributed by atoms with Crippen molar-refractivity contribution in [2.24, 2.45) is 0 Å². The van der Waals surface area contributed by atoms with Gasteiger partial charge in [-0.15, -0.1) is 0 Å². The first kappa shape index (κ1) is 11.5. The molecule has 0 aliphatic heterocycles. The van der Waals surface area contributed by atoms with Crippen molar-refractivity contribution in [3.63, 3.8) is 0 Å². The van der Waals surface area contributed by atoms with Crippen molar-refractivity contribution in [3.8, 4) is 0 Å². The largest absolute Gasteiger partial charge is 0.383 e. The van der Waals surface area contributed by atoms with Crippen LogP contribution < -0.4 is 5.73 Å². The summed E-state index contributed by atoms with van der Waals surface area (Å²) < 4.78 is 2.07. The Labute approximate surface area is 90.1 Å². The molecule has 4 nitrogen and oxygen atoms in total. The van der Waals surface area contributed by atoms with Crippen molar-refractivity contribution in [2.75, 3.05) is 5.73 Å². The summed E-state index contributed by atoms with van der Waals surface area (Å²) in [5, 5.41) is 0.976. The molecule has 4 heteroatoms. The van der Waals surface area contributed by atoms with E-state index in [0.29, 0.717) is 5.82 Å². The van der Waals surface area contributed by atoms with Gasteiger partial charge < -0.3 is 10.3 Å². The van der Waals surface area contributed by atoms with Crippen LogP contribution in [-0.2, 0) is 6.54 Å². The Balaban J connectivity index is 0.000000531. The second-order valence-corrected chi connectivity index (χ2v) is 3.06. The fraction of sp³-hybridized carbons (Fsp3) is 0.455. The van der Waals surface area contributed by atoms with E-state index in [0.717, 1.165) is 23.1 Å². The van der Waals surface area contributed by atoms with Gasteiger partial charge >= 0.3 is 0 Å². The highest BCUT2D eigenvalue weighted by Gasteiger charge is 2.08. The van der Waals surface area contributed by atoms with Crippen molar-refractivity contribution >= 4 is 16.9 Å². The maximum absolute atomic E-state index is 5.76. The van der Waals surface area contributed by atoms with Gasteiger partial charge in [-0.1, -0.05) is 13.8 Å². The number of anilines is 1. The van der Waals surface area contributed by atoms with Gasteiger partial charge in [-0.25, -0.2) is 9.97 Å². The summed E-state index contributed by atoms with van der Waals surface area (Å²) in [6.07, 6.45) is 3.55. The van der Waals surface area contributed by atoms with E-state index in [2.05, 4.69) is 27.7 Å². The van der Waals surface area contributed by atoms with Crippen molar-refractivity contribution in [3.05, 3.63) is 18.1 Å². The molecule has 0 aromatic carbocycles.